The van der Waals surface area contributed by atoms with E-state index in [1.807, 2.05) is 33.8 Å². The molecular weight excluding hydrogens is 593 g/mol. The molecule has 1 saturated heterocycles. The van der Waals surface area contributed by atoms with Crippen molar-refractivity contribution in [1.82, 2.24) is 19.4 Å². The summed E-state index contributed by atoms with van der Waals surface area (Å²) in [5, 5.41) is 0.762. The van der Waals surface area contributed by atoms with E-state index >= 15 is 0 Å². The predicted molar refractivity (Wildman–Crippen MR) is 175 cm³/mol. The molecule has 0 bridgehead atoms. The number of carbonyl (C=O) groups excluding carboxylic acids is 2. The molecule has 0 spiro atoms. The minimum absolute atomic E-state index is 0.0740. The molecule has 2 aliphatic rings. The highest BCUT2D eigenvalue weighted by molar-refractivity contribution is 7.89. The number of rotatable bonds is 9. The molecule has 1 aliphatic carbocycles. The third-order valence-electron chi connectivity index (χ3n) is 9.12. The molecule has 5 rings (SSSR count). The van der Waals surface area contributed by atoms with Gasteiger partial charge in [0.1, 0.15) is 5.82 Å². The normalized spacial score (nSPS) is 18.6. The molecule has 1 aliphatic heterocycles. The number of Topliss-reactive ketones (excluding diaryl/α,β-unsaturated/α-hetero) is 1. The Morgan fingerprint density at radius 2 is 1.69 bits per heavy atom. The van der Waals surface area contributed by atoms with Crippen molar-refractivity contribution in [3.05, 3.63) is 59.8 Å². The lowest BCUT2D eigenvalue weighted by Gasteiger charge is -2.35. The van der Waals surface area contributed by atoms with Gasteiger partial charge in [-0.25, -0.2) is 12.8 Å². The van der Waals surface area contributed by atoms with E-state index in [0.717, 1.165) is 75.5 Å². The Balaban J connectivity index is 1.33. The standard InChI is InChI=1S/C34H44FN5O4S/c1-22(2)40(23(3)4)34(42)29-18-26(35)8-11-31(29)39-21-30(28-12-15-36-19-32(28)39)33(41)25-13-16-38(17-14-25)20-24-6-9-27(10-7-24)37-45(5,43)44/h8,11-12,15,18-19,21-25H,6-7,9-10,13-14,16-17,20H2,1-5H3. The monoisotopic (exact) mass is 637 g/mol. The van der Waals surface area contributed by atoms with Crippen LogP contribution in [0.25, 0.3) is 16.6 Å². The van der Waals surface area contributed by atoms with Gasteiger partial charge in [-0.15, -0.1) is 0 Å². The van der Waals surface area contributed by atoms with Gasteiger partial charge < -0.3 is 14.4 Å². The summed E-state index contributed by atoms with van der Waals surface area (Å²) in [6.07, 6.45) is 11.1. The lowest BCUT2D eigenvalue weighted by molar-refractivity contribution is 0.0643. The van der Waals surface area contributed by atoms with Crippen LogP contribution < -0.4 is 0 Å². The number of halogens is 1. The van der Waals surface area contributed by atoms with E-state index in [9.17, 15) is 22.4 Å². The van der Waals surface area contributed by atoms with Crippen molar-refractivity contribution in [3.63, 3.8) is 0 Å². The molecule has 1 amide bonds. The summed E-state index contributed by atoms with van der Waals surface area (Å²) in [6, 6.07) is 5.89. The average Bonchev–Trinajstić information content (AvgIpc) is 3.36. The number of sulfonamides is 1. The van der Waals surface area contributed by atoms with Crippen molar-refractivity contribution < 1.29 is 22.4 Å². The van der Waals surface area contributed by atoms with Crippen molar-refractivity contribution in [2.75, 3.05) is 25.9 Å². The van der Waals surface area contributed by atoms with Gasteiger partial charge in [-0.05, 0) is 109 Å². The minimum atomic E-state index is -3.34. The first-order chi connectivity index (χ1) is 21.3. The third-order valence-corrected chi connectivity index (χ3v) is 9.71. The van der Waals surface area contributed by atoms with Crippen LogP contribution in [0.4, 0.5) is 4.39 Å². The lowest BCUT2D eigenvalue weighted by Crippen LogP contribution is -2.42. The van der Waals surface area contributed by atoms with Gasteiger partial charge in [-0.3, -0.25) is 14.6 Å². The van der Waals surface area contributed by atoms with Gasteiger partial charge in [0.2, 0.25) is 10.0 Å². The molecule has 3 aromatic rings. The molecular formula is C34H44FN5O4S. The molecule has 242 valence electrons. The second-order valence-corrected chi connectivity index (χ2v) is 14.8. The first-order valence-electron chi connectivity index (χ1n) is 15.9. The first kappa shape index (κ1) is 32.9. The summed E-state index contributed by atoms with van der Waals surface area (Å²) in [5.74, 6) is -0.318. The van der Waals surface area contributed by atoms with Crippen LogP contribution in [0, 0.1) is 17.7 Å². The van der Waals surface area contributed by atoms with Crippen LogP contribution in [0.1, 0.15) is 86.9 Å². The predicted octanol–water partition coefficient (Wildman–Crippen LogP) is 5.91. The minimum Gasteiger partial charge on any atom is -0.334 e. The fraction of sp³-hybridized carbons (Fsp3) is 0.529. The van der Waals surface area contributed by atoms with E-state index in [0.29, 0.717) is 22.7 Å². The van der Waals surface area contributed by atoms with E-state index in [-0.39, 0.29) is 35.3 Å². The van der Waals surface area contributed by atoms with Gasteiger partial charge in [0.05, 0.1) is 29.2 Å². The molecule has 2 aromatic heterocycles. The van der Waals surface area contributed by atoms with E-state index in [1.165, 1.54) is 12.1 Å². The quantitative estimate of drug-likeness (QED) is 0.270. The molecule has 9 nitrogen and oxygen atoms in total. The number of benzene rings is 1. The van der Waals surface area contributed by atoms with Crippen molar-refractivity contribution in [1.29, 1.82) is 0 Å². The summed E-state index contributed by atoms with van der Waals surface area (Å²) >= 11 is 0. The van der Waals surface area contributed by atoms with Crippen molar-refractivity contribution in [2.24, 2.45) is 16.2 Å². The molecule has 0 radical (unpaired) electrons. The second-order valence-electron chi connectivity index (χ2n) is 13.1. The number of ketones is 1. The van der Waals surface area contributed by atoms with Crippen LogP contribution in [-0.4, -0.2) is 83.1 Å². The molecule has 1 aromatic carbocycles. The Kier molecular flexibility index (Phi) is 9.88. The zero-order valence-electron chi connectivity index (χ0n) is 26.9. The van der Waals surface area contributed by atoms with E-state index in [4.69, 9.17) is 0 Å². The third kappa shape index (κ3) is 7.52. The van der Waals surface area contributed by atoms with Gasteiger partial charge in [0.25, 0.3) is 5.91 Å². The number of likely N-dealkylation sites (tertiary alicyclic amines) is 1. The number of pyridine rings is 1. The second kappa shape index (κ2) is 13.5. The summed E-state index contributed by atoms with van der Waals surface area (Å²) in [4.78, 5) is 36.3. The molecule has 0 atom stereocenters. The van der Waals surface area contributed by atoms with Crippen molar-refractivity contribution >= 4 is 38.3 Å². The van der Waals surface area contributed by atoms with Crippen LogP contribution in [-0.2, 0) is 10.0 Å². The number of fused-ring (bicyclic) bond motifs is 1. The Labute approximate surface area is 265 Å². The maximum atomic E-state index is 14.6. The summed E-state index contributed by atoms with van der Waals surface area (Å²) < 4.78 is 43.2. The van der Waals surface area contributed by atoms with Crippen LogP contribution in [0.15, 0.2) is 47.3 Å². The Morgan fingerprint density at radius 1 is 1.02 bits per heavy atom. The Hall–Kier alpha value is -3.44. The number of piperidine rings is 1. The first-order valence-corrected chi connectivity index (χ1v) is 17.8. The number of hydrogen-bond acceptors (Lipinski definition) is 6. The highest BCUT2D eigenvalue weighted by Gasteiger charge is 2.31. The zero-order valence-corrected chi connectivity index (χ0v) is 27.7. The number of amides is 1. The SMILES string of the molecule is CC(C)N(C(=O)c1cc(F)ccc1-n1cc(C(=O)C2CCN(CC3CCC(=NS(C)(=O)=O)CC3)CC2)c2ccncc21)C(C)C. The van der Waals surface area contributed by atoms with Gasteiger partial charge >= 0.3 is 0 Å². The number of aromatic nitrogens is 2. The van der Waals surface area contributed by atoms with Crippen molar-refractivity contribution in [2.45, 2.75) is 78.3 Å². The van der Waals surface area contributed by atoms with E-state index in [1.54, 1.807) is 34.1 Å². The van der Waals surface area contributed by atoms with Crippen LogP contribution in [0.3, 0.4) is 0 Å². The molecule has 0 unspecified atom stereocenters. The number of nitrogens with zero attached hydrogens (tertiary/aromatic N) is 5. The fourth-order valence-electron chi connectivity index (χ4n) is 7.05. The smallest absolute Gasteiger partial charge is 0.256 e. The van der Waals surface area contributed by atoms with Gasteiger partial charge in [-0.2, -0.15) is 4.40 Å². The highest BCUT2D eigenvalue weighted by atomic mass is 32.2. The summed E-state index contributed by atoms with van der Waals surface area (Å²) in [6.45, 7) is 10.4. The molecule has 1 saturated carbocycles. The van der Waals surface area contributed by atoms with Crippen molar-refractivity contribution in [3.8, 4) is 5.69 Å². The molecule has 3 heterocycles. The Morgan fingerprint density at radius 3 is 2.31 bits per heavy atom. The summed E-state index contributed by atoms with van der Waals surface area (Å²) in [5.41, 5.74) is 2.81. The number of hydrogen-bond donors (Lipinski definition) is 0. The van der Waals surface area contributed by atoms with Crippen LogP contribution in [0.5, 0.6) is 0 Å². The highest BCUT2D eigenvalue weighted by Crippen LogP contribution is 2.32. The fourth-order valence-corrected chi connectivity index (χ4v) is 7.70. The maximum absolute atomic E-state index is 14.6. The average molecular weight is 638 g/mol. The van der Waals surface area contributed by atoms with Gasteiger partial charge in [0.15, 0.2) is 5.78 Å². The zero-order chi connectivity index (χ0) is 32.5. The lowest BCUT2D eigenvalue weighted by atomic mass is 9.85. The Bertz CT molecular complexity index is 1690. The largest absolute Gasteiger partial charge is 0.334 e. The van der Waals surface area contributed by atoms with Gasteiger partial charge in [-0.1, -0.05) is 0 Å². The van der Waals surface area contributed by atoms with E-state index < -0.39 is 15.8 Å². The maximum Gasteiger partial charge on any atom is 0.256 e. The molecule has 11 heteroatoms. The molecule has 0 N–H and O–H groups in total. The van der Waals surface area contributed by atoms with Gasteiger partial charge in [0, 0.05) is 53.6 Å². The topological polar surface area (TPSA) is 105 Å². The van der Waals surface area contributed by atoms with Crippen LogP contribution >= 0.6 is 0 Å². The number of carbonyl (C=O) groups is 2. The summed E-state index contributed by atoms with van der Waals surface area (Å²) in [7, 11) is -3.34. The van der Waals surface area contributed by atoms with E-state index in [2.05, 4.69) is 14.3 Å². The molecule has 45 heavy (non-hydrogen) atoms. The van der Waals surface area contributed by atoms with Crippen LogP contribution in [0.2, 0.25) is 0 Å². The molecule has 2 fully saturated rings.